The van der Waals surface area contributed by atoms with Crippen molar-refractivity contribution >= 4 is 23.5 Å². The average Bonchev–Trinajstić information content (AvgIpc) is 2.57. The van der Waals surface area contributed by atoms with Gasteiger partial charge in [0, 0.05) is 12.7 Å². The van der Waals surface area contributed by atoms with Crippen molar-refractivity contribution < 1.29 is 27.6 Å². The quantitative estimate of drug-likeness (QED) is 0.505. The van der Waals surface area contributed by atoms with Crippen LogP contribution in [0.2, 0.25) is 0 Å². The van der Waals surface area contributed by atoms with Crippen molar-refractivity contribution in [3.8, 4) is 0 Å². The monoisotopic (exact) mass is 301 g/mol. The summed E-state index contributed by atoms with van der Waals surface area (Å²) in [5.41, 5.74) is 3.85. The lowest BCUT2D eigenvalue weighted by Crippen LogP contribution is -2.32. The highest BCUT2D eigenvalue weighted by molar-refractivity contribution is 6.44. The van der Waals surface area contributed by atoms with Crippen molar-refractivity contribution in [2.24, 2.45) is 0 Å². The number of hydrogen-bond acceptors (Lipinski definition) is 4. The van der Waals surface area contributed by atoms with Crippen LogP contribution in [0.5, 0.6) is 0 Å². The molecule has 6 nitrogen and oxygen atoms in total. The number of imide groups is 2. The first-order valence-electron chi connectivity index (χ1n) is 5.72. The summed E-state index contributed by atoms with van der Waals surface area (Å²) in [6, 6.07) is 2.05. The molecule has 21 heavy (non-hydrogen) atoms. The van der Waals surface area contributed by atoms with Gasteiger partial charge in [-0.2, -0.15) is 13.2 Å². The smallest absolute Gasteiger partial charge is 0.399 e. The molecule has 1 aliphatic rings. The largest absolute Gasteiger partial charge is 0.416 e. The third kappa shape index (κ3) is 2.54. The van der Waals surface area contributed by atoms with Crippen molar-refractivity contribution in [3.63, 3.8) is 0 Å². The third-order valence-electron chi connectivity index (χ3n) is 3.02. The summed E-state index contributed by atoms with van der Waals surface area (Å²) in [6.07, 6.45) is -4.69. The number of amides is 4. The average molecular weight is 301 g/mol. The number of anilines is 1. The minimum atomic E-state index is -4.69. The number of halogens is 3. The fourth-order valence-corrected chi connectivity index (χ4v) is 1.92. The van der Waals surface area contributed by atoms with Gasteiger partial charge in [-0.1, -0.05) is 6.07 Å². The number of rotatable bonds is 2. The van der Waals surface area contributed by atoms with E-state index in [2.05, 4.69) is 0 Å². The number of carbonyl (C=O) groups is 3. The van der Waals surface area contributed by atoms with Gasteiger partial charge in [-0.3, -0.25) is 19.4 Å². The van der Waals surface area contributed by atoms with Gasteiger partial charge in [0.05, 0.1) is 12.1 Å². The number of urea groups is 1. The van der Waals surface area contributed by atoms with Crippen LogP contribution < -0.4 is 5.73 Å². The number of carbonyl (C=O) groups excluding carboxylic acids is 3. The van der Waals surface area contributed by atoms with Crippen molar-refractivity contribution in [1.29, 1.82) is 0 Å². The van der Waals surface area contributed by atoms with E-state index < -0.39 is 36.1 Å². The second-order valence-electron chi connectivity index (χ2n) is 4.45. The number of alkyl halides is 3. The maximum absolute atomic E-state index is 12.9. The molecule has 0 saturated carbocycles. The van der Waals surface area contributed by atoms with E-state index in [0.717, 1.165) is 13.1 Å². The summed E-state index contributed by atoms with van der Waals surface area (Å²) < 4.78 is 38.8. The third-order valence-corrected chi connectivity index (χ3v) is 3.02. The number of nitrogens with two attached hydrogens (primary N) is 1. The first-order valence-corrected chi connectivity index (χ1v) is 5.72. The predicted molar refractivity (Wildman–Crippen MR) is 64.6 cm³/mol. The van der Waals surface area contributed by atoms with Crippen LogP contribution in [0, 0.1) is 0 Å². The Hall–Kier alpha value is -2.58. The molecule has 1 heterocycles. The van der Waals surface area contributed by atoms with Crippen LogP contribution in [0.25, 0.3) is 0 Å². The summed E-state index contributed by atoms with van der Waals surface area (Å²) in [6.45, 7) is -0.650. The Morgan fingerprint density at radius 2 is 1.76 bits per heavy atom. The second-order valence-corrected chi connectivity index (χ2v) is 4.45. The molecule has 2 N–H and O–H groups in total. The number of nitrogen functional groups attached to an aromatic ring is 1. The summed E-state index contributed by atoms with van der Waals surface area (Å²) >= 11 is 0. The van der Waals surface area contributed by atoms with E-state index in [1.165, 1.54) is 6.07 Å². The topological polar surface area (TPSA) is 83.7 Å². The highest BCUT2D eigenvalue weighted by atomic mass is 19.4. The van der Waals surface area contributed by atoms with E-state index in [4.69, 9.17) is 5.73 Å². The zero-order chi connectivity index (χ0) is 15.9. The Morgan fingerprint density at radius 1 is 1.14 bits per heavy atom. The molecule has 9 heteroatoms. The molecule has 0 aromatic heterocycles. The lowest BCUT2D eigenvalue weighted by Gasteiger charge is -2.17. The fourth-order valence-electron chi connectivity index (χ4n) is 1.92. The van der Waals surface area contributed by atoms with E-state index in [1.807, 2.05) is 0 Å². The van der Waals surface area contributed by atoms with Gasteiger partial charge in [-0.05, 0) is 17.7 Å². The maximum Gasteiger partial charge on any atom is 0.416 e. The maximum atomic E-state index is 12.9. The van der Waals surface area contributed by atoms with Crippen LogP contribution in [0.4, 0.5) is 23.7 Å². The minimum Gasteiger partial charge on any atom is -0.399 e. The Morgan fingerprint density at radius 3 is 2.24 bits per heavy atom. The van der Waals surface area contributed by atoms with Gasteiger partial charge in [-0.25, -0.2) is 4.79 Å². The standard InChI is InChI=1S/C12H10F3N3O3/c1-17-9(19)10(20)18(11(17)21)5-6-2-3-7(16)4-8(6)12(13,14)15/h2-4H,5,16H2,1H3. The van der Waals surface area contributed by atoms with E-state index in [1.54, 1.807) is 0 Å². The van der Waals surface area contributed by atoms with Crippen LogP contribution in [0.15, 0.2) is 18.2 Å². The van der Waals surface area contributed by atoms with Gasteiger partial charge in [0.2, 0.25) is 0 Å². The molecule has 1 aromatic carbocycles. The molecule has 1 saturated heterocycles. The highest BCUT2D eigenvalue weighted by Gasteiger charge is 2.43. The molecule has 112 valence electrons. The molecule has 1 aliphatic heterocycles. The molecule has 0 atom stereocenters. The minimum absolute atomic E-state index is 0.0988. The molecule has 1 fully saturated rings. The Balaban J connectivity index is 2.39. The number of nitrogens with zero attached hydrogens (tertiary/aromatic N) is 2. The molecule has 0 unspecified atom stereocenters. The van der Waals surface area contributed by atoms with Crippen molar-refractivity contribution in [2.75, 3.05) is 12.8 Å². The molecule has 0 spiro atoms. The van der Waals surface area contributed by atoms with Gasteiger partial charge in [0.1, 0.15) is 0 Å². The SMILES string of the molecule is CN1C(=O)C(=O)N(Cc2ccc(N)cc2C(F)(F)F)C1=O. The summed E-state index contributed by atoms with van der Waals surface area (Å²) in [5, 5.41) is 0. The van der Waals surface area contributed by atoms with Gasteiger partial charge < -0.3 is 5.73 Å². The van der Waals surface area contributed by atoms with Crippen LogP contribution in [0.3, 0.4) is 0 Å². The predicted octanol–water partition coefficient (Wildman–Crippen LogP) is 1.21. The molecule has 1 aromatic rings. The molecule has 4 amide bonds. The van der Waals surface area contributed by atoms with E-state index in [9.17, 15) is 27.6 Å². The van der Waals surface area contributed by atoms with E-state index >= 15 is 0 Å². The van der Waals surface area contributed by atoms with Gasteiger partial charge in [-0.15, -0.1) is 0 Å². The van der Waals surface area contributed by atoms with Crippen LogP contribution >= 0.6 is 0 Å². The van der Waals surface area contributed by atoms with Crippen LogP contribution in [-0.2, 0) is 22.3 Å². The highest BCUT2D eigenvalue weighted by Crippen LogP contribution is 2.34. The zero-order valence-corrected chi connectivity index (χ0v) is 10.8. The summed E-state index contributed by atoms with van der Waals surface area (Å²) in [7, 11) is 1.08. The van der Waals surface area contributed by atoms with Crippen LogP contribution in [0.1, 0.15) is 11.1 Å². The first-order chi connectivity index (χ1) is 9.62. The number of likely N-dealkylation sites (N-methyl/N-ethyl adjacent to an activating group) is 1. The Labute approximate surface area is 116 Å². The Kier molecular flexibility index (Phi) is 3.36. The number of benzene rings is 1. The molecular formula is C12H10F3N3O3. The van der Waals surface area contributed by atoms with E-state index in [-0.39, 0.29) is 11.3 Å². The lowest BCUT2D eigenvalue weighted by atomic mass is 10.1. The normalized spacial score (nSPS) is 16.1. The second kappa shape index (κ2) is 4.76. The Bertz CT molecular complexity index is 642. The van der Waals surface area contributed by atoms with Gasteiger partial charge in [0.15, 0.2) is 0 Å². The van der Waals surface area contributed by atoms with Gasteiger partial charge in [0.25, 0.3) is 0 Å². The summed E-state index contributed by atoms with van der Waals surface area (Å²) in [4.78, 5) is 35.6. The van der Waals surface area contributed by atoms with Crippen molar-refractivity contribution in [2.45, 2.75) is 12.7 Å². The molecule has 0 aliphatic carbocycles. The van der Waals surface area contributed by atoms with Crippen molar-refractivity contribution in [3.05, 3.63) is 29.3 Å². The summed E-state index contributed by atoms with van der Waals surface area (Å²) in [5.74, 6) is -2.24. The number of hydrogen-bond donors (Lipinski definition) is 1. The van der Waals surface area contributed by atoms with Gasteiger partial charge >= 0.3 is 24.0 Å². The molecule has 0 bridgehead atoms. The van der Waals surface area contributed by atoms with Crippen LogP contribution in [-0.4, -0.2) is 34.7 Å². The fraction of sp³-hybridized carbons (Fsp3) is 0.250. The first kappa shape index (κ1) is 14.8. The molecule has 2 rings (SSSR count). The molecule has 0 radical (unpaired) electrons. The molecular weight excluding hydrogens is 291 g/mol. The van der Waals surface area contributed by atoms with Crippen molar-refractivity contribution in [1.82, 2.24) is 9.80 Å². The van der Waals surface area contributed by atoms with E-state index in [0.29, 0.717) is 15.9 Å². The zero-order valence-electron chi connectivity index (χ0n) is 10.8. The lowest BCUT2D eigenvalue weighted by molar-refractivity contribution is -0.143.